The summed E-state index contributed by atoms with van der Waals surface area (Å²) >= 11 is 0. The van der Waals surface area contributed by atoms with Crippen molar-refractivity contribution in [2.24, 2.45) is 5.92 Å². The predicted molar refractivity (Wildman–Crippen MR) is 155 cm³/mol. The molecular formula is C30H39N3O8. The molecule has 41 heavy (non-hydrogen) atoms. The SMILES string of the molecule is CC[C@@H](C)[C@@H](Nc1ccc2c(cc1=O)[C@H](NC(C)=O)CCc1cc(OC)c(OC)c(OC)c1-2)C(=O)NCC(=O)OC. The Labute approximate surface area is 239 Å². The number of fused-ring (bicyclic) bond motifs is 3. The molecule has 0 aliphatic heterocycles. The zero-order valence-electron chi connectivity index (χ0n) is 24.6. The van der Waals surface area contributed by atoms with Crippen molar-refractivity contribution in [3.63, 3.8) is 0 Å². The number of hydrogen-bond donors (Lipinski definition) is 3. The fourth-order valence-electron chi connectivity index (χ4n) is 5.04. The first-order valence-electron chi connectivity index (χ1n) is 13.5. The number of esters is 1. The number of amides is 2. The van der Waals surface area contributed by atoms with Crippen molar-refractivity contribution in [1.29, 1.82) is 0 Å². The number of hydrogen-bond acceptors (Lipinski definition) is 9. The van der Waals surface area contributed by atoms with Crippen molar-refractivity contribution in [1.82, 2.24) is 10.6 Å². The second-order valence-electron chi connectivity index (χ2n) is 9.90. The highest BCUT2D eigenvalue weighted by molar-refractivity contribution is 5.88. The maximum atomic E-state index is 13.6. The van der Waals surface area contributed by atoms with Crippen LogP contribution in [0.15, 0.2) is 29.1 Å². The number of anilines is 1. The highest BCUT2D eigenvalue weighted by Gasteiger charge is 2.30. The molecule has 0 unspecified atom stereocenters. The van der Waals surface area contributed by atoms with Gasteiger partial charge in [0.1, 0.15) is 12.6 Å². The highest BCUT2D eigenvalue weighted by Crippen LogP contribution is 2.50. The minimum Gasteiger partial charge on any atom is -0.493 e. The highest BCUT2D eigenvalue weighted by atomic mass is 16.5. The molecule has 2 aromatic carbocycles. The van der Waals surface area contributed by atoms with E-state index >= 15 is 0 Å². The van der Waals surface area contributed by atoms with E-state index in [4.69, 9.17) is 14.2 Å². The minimum atomic E-state index is -0.795. The van der Waals surface area contributed by atoms with Gasteiger partial charge < -0.3 is 34.9 Å². The summed E-state index contributed by atoms with van der Waals surface area (Å²) in [5.74, 6) is -0.0560. The van der Waals surface area contributed by atoms with Crippen LogP contribution in [0.4, 0.5) is 5.69 Å². The molecule has 0 aromatic heterocycles. The normalized spacial score (nSPS) is 15.1. The summed E-state index contributed by atoms with van der Waals surface area (Å²) in [5.41, 5.74) is 2.75. The molecule has 0 spiro atoms. The van der Waals surface area contributed by atoms with Gasteiger partial charge in [-0.2, -0.15) is 0 Å². The molecule has 0 fully saturated rings. The van der Waals surface area contributed by atoms with Gasteiger partial charge in [0.25, 0.3) is 0 Å². The van der Waals surface area contributed by atoms with E-state index in [2.05, 4.69) is 20.7 Å². The number of aryl methyl sites for hydroxylation is 1. The summed E-state index contributed by atoms with van der Waals surface area (Å²) in [6, 6.07) is 5.53. The van der Waals surface area contributed by atoms with Crippen molar-refractivity contribution in [3.05, 3.63) is 45.6 Å². The van der Waals surface area contributed by atoms with Crippen molar-refractivity contribution in [2.75, 3.05) is 40.3 Å². The Morgan fingerprint density at radius 2 is 1.73 bits per heavy atom. The van der Waals surface area contributed by atoms with E-state index in [0.29, 0.717) is 47.6 Å². The van der Waals surface area contributed by atoms with Gasteiger partial charge in [0.05, 0.1) is 40.2 Å². The average molecular weight is 570 g/mol. The lowest BCUT2D eigenvalue weighted by atomic mass is 9.95. The van der Waals surface area contributed by atoms with Gasteiger partial charge in [0.2, 0.25) is 23.0 Å². The molecule has 11 nitrogen and oxygen atoms in total. The number of carbonyl (C=O) groups is 3. The molecular weight excluding hydrogens is 530 g/mol. The van der Waals surface area contributed by atoms with Gasteiger partial charge in [-0.3, -0.25) is 19.2 Å². The molecule has 3 N–H and O–H groups in total. The van der Waals surface area contributed by atoms with Gasteiger partial charge in [0, 0.05) is 12.5 Å². The first-order chi connectivity index (χ1) is 19.6. The zero-order valence-corrected chi connectivity index (χ0v) is 24.6. The number of methoxy groups -OCH3 is 4. The zero-order chi connectivity index (χ0) is 30.3. The summed E-state index contributed by atoms with van der Waals surface area (Å²) in [6.45, 7) is 4.96. The number of ether oxygens (including phenoxy) is 4. The standard InChI is InChI=1S/C30H39N3O8/c1-8-16(2)27(30(37)31-15-25(36)39-5)33-22-12-10-19-20(14-23(22)35)21(32-17(3)34)11-9-18-13-24(38-4)28(40-6)29(41-7)26(18)19/h10,12-14,16,21,27H,8-9,11,15H2,1-7H3,(H,31,37)(H,32,34)(H,33,35)/t16-,21-,27-/m1/s1. The summed E-state index contributed by atoms with van der Waals surface area (Å²) in [4.78, 5) is 50.5. The van der Waals surface area contributed by atoms with Crippen LogP contribution in [0.2, 0.25) is 0 Å². The fourth-order valence-corrected chi connectivity index (χ4v) is 5.04. The predicted octanol–water partition coefficient (Wildman–Crippen LogP) is 2.98. The van der Waals surface area contributed by atoms with Crippen molar-refractivity contribution in [3.8, 4) is 28.4 Å². The van der Waals surface area contributed by atoms with E-state index in [-0.39, 0.29) is 29.5 Å². The van der Waals surface area contributed by atoms with Crippen LogP contribution in [0, 0.1) is 5.92 Å². The lowest BCUT2D eigenvalue weighted by molar-refractivity contribution is -0.141. The Morgan fingerprint density at radius 1 is 1.02 bits per heavy atom. The van der Waals surface area contributed by atoms with Crippen LogP contribution < -0.4 is 35.6 Å². The monoisotopic (exact) mass is 569 g/mol. The third-order valence-electron chi connectivity index (χ3n) is 7.36. The maximum absolute atomic E-state index is 13.6. The van der Waals surface area contributed by atoms with E-state index in [1.54, 1.807) is 19.2 Å². The molecule has 11 heteroatoms. The Kier molecular flexibility index (Phi) is 10.6. The van der Waals surface area contributed by atoms with E-state index in [9.17, 15) is 19.2 Å². The Morgan fingerprint density at radius 3 is 2.32 bits per heavy atom. The molecule has 0 saturated carbocycles. The van der Waals surface area contributed by atoms with Crippen LogP contribution in [0.1, 0.15) is 50.8 Å². The second kappa shape index (κ2) is 13.9. The maximum Gasteiger partial charge on any atom is 0.325 e. The molecule has 1 aliphatic carbocycles. The van der Waals surface area contributed by atoms with E-state index in [0.717, 1.165) is 11.1 Å². The quantitative estimate of drug-likeness (QED) is 0.348. The first-order valence-corrected chi connectivity index (χ1v) is 13.5. The van der Waals surface area contributed by atoms with E-state index < -0.39 is 24.0 Å². The topological polar surface area (TPSA) is 141 Å². The van der Waals surface area contributed by atoms with Crippen molar-refractivity contribution >= 4 is 23.5 Å². The Balaban J connectivity index is 2.21. The van der Waals surface area contributed by atoms with Gasteiger partial charge in [-0.15, -0.1) is 0 Å². The van der Waals surface area contributed by atoms with Crippen LogP contribution >= 0.6 is 0 Å². The third-order valence-corrected chi connectivity index (χ3v) is 7.36. The molecule has 0 saturated heterocycles. The minimum absolute atomic E-state index is 0.167. The Bertz CT molecular complexity index is 1360. The first kappa shape index (κ1) is 31.3. The molecule has 0 bridgehead atoms. The van der Waals surface area contributed by atoms with Gasteiger partial charge in [0.15, 0.2) is 11.5 Å². The molecule has 2 aromatic rings. The molecule has 3 atom stereocenters. The second-order valence-corrected chi connectivity index (χ2v) is 9.90. The van der Waals surface area contributed by atoms with Crippen LogP contribution in [0.3, 0.4) is 0 Å². The lowest BCUT2D eigenvalue weighted by Crippen LogP contribution is -2.46. The molecule has 222 valence electrons. The summed E-state index contributed by atoms with van der Waals surface area (Å²) in [6.07, 6.45) is 1.74. The van der Waals surface area contributed by atoms with E-state index in [1.807, 2.05) is 19.9 Å². The largest absolute Gasteiger partial charge is 0.493 e. The molecule has 0 heterocycles. The number of nitrogens with one attached hydrogen (secondary N) is 3. The third kappa shape index (κ3) is 6.90. The molecule has 0 radical (unpaired) electrons. The number of benzene rings is 1. The van der Waals surface area contributed by atoms with Crippen LogP contribution in [-0.4, -0.2) is 58.8 Å². The number of rotatable bonds is 11. The van der Waals surface area contributed by atoms with Gasteiger partial charge >= 0.3 is 5.97 Å². The van der Waals surface area contributed by atoms with Crippen molar-refractivity contribution < 1.29 is 33.3 Å². The average Bonchev–Trinajstić information content (AvgIpc) is 3.20. The van der Waals surface area contributed by atoms with Gasteiger partial charge in [-0.05, 0) is 53.6 Å². The molecule has 3 rings (SSSR count). The number of carbonyl (C=O) groups excluding carboxylic acids is 3. The van der Waals surface area contributed by atoms with Crippen molar-refractivity contribution in [2.45, 2.75) is 52.1 Å². The van der Waals surface area contributed by atoms with Crippen LogP contribution in [0.5, 0.6) is 17.2 Å². The lowest BCUT2D eigenvalue weighted by Gasteiger charge is -2.23. The molecule has 2 amide bonds. The fraction of sp³-hybridized carbons (Fsp3) is 0.467. The summed E-state index contributed by atoms with van der Waals surface area (Å²) in [7, 11) is 5.84. The summed E-state index contributed by atoms with van der Waals surface area (Å²) < 4.78 is 21.6. The Hall–Kier alpha value is -4.28. The molecule has 1 aliphatic rings. The smallest absolute Gasteiger partial charge is 0.325 e. The summed E-state index contributed by atoms with van der Waals surface area (Å²) in [5, 5.41) is 8.66. The van der Waals surface area contributed by atoms with Crippen LogP contribution in [0.25, 0.3) is 11.1 Å². The van der Waals surface area contributed by atoms with Crippen LogP contribution in [-0.2, 0) is 25.5 Å². The van der Waals surface area contributed by atoms with Gasteiger partial charge in [-0.25, -0.2) is 0 Å². The van der Waals surface area contributed by atoms with Gasteiger partial charge in [-0.1, -0.05) is 26.3 Å². The van der Waals surface area contributed by atoms with E-state index in [1.165, 1.54) is 34.3 Å².